The molecule has 0 aliphatic heterocycles. The average molecular weight is 262 g/mol. The van der Waals surface area contributed by atoms with E-state index in [2.05, 4.69) is 10.5 Å². The van der Waals surface area contributed by atoms with Crippen molar-refractivity contribution >= 4 is 0 Å². The molecule has 1 saturated carbocycles. The van der Waals surface area contributed by atoms with Gasteiger partial charge in [0, 0.05) is 24.2 Å². The van der Waals surface area contributed by atoms with Crippen molar-refractivity contribution in [2.75, 3.05) is 0 Å². The Labute approximate surface area is 110 Å². The minimum absolute atomic E-state index is 0.250. The van der Waals surface area contributed by atoms with Crippen molar-refractivity contribution in [3.8, 4) is 5.75 Å². The van der Waals surface area contributed by atoms with Gasteiger partial charge in [-0.2, -0.15) is 0 Å². The predicted octanol–water partition coefficient (Wildman–Crippen LogP) is 2.64. The van der Waals surface area contributed by atoms with Gasteiger partial charge in [-0.15, -0.1) is 0 Å². The lowest BCUT2D eigenvalue weighted by molar-refractivity contribution is 0.246. The molecule has 4 nitrogen and oxygen atoms in total. The average Bonchev–Trinajstić information content (AvgIpc) is 3.10. The Bertz CT molecular complexity index is 538. The molecule has 0 amide bonds. The number of hydrogen-bond donors (Lipinski definition) is 1. The van der Waals surface area contributed by atoms with E-state index >= 15 is 0 Å². The van der Waals surface area contributed by atoms with Gasteiger partial charge < -0.3 is 14.6 Å². The largest absolute Gasteiger partial charge is 0.485 e. The van der Waals surface area contributed by atoms with E-state index in [9.17, 15) is 4.39 Å². The highest BCUT2D eigenvalue weighted by molar-refractivity contribution is 5.34. The zero-order valence-electron chi connectivity index (χ0n) is 10.4. The van der Waals surface area contributed by atoms with Crippen LogP contribution in [0.2, 0.25) is 0 Å². The van der Waals surface area contributed by atoms with Gasteiger partial charge in [0.25, 0.3) is 0 Å². The third-order valence-electron chi connectivity index (χ3n) is 3.04. The predicted molar refractivity (Wildman–Crippen MR) is 67.1 cm³/mol. The van der Waals surface area contributed by atoms with E-state index in [-0.39, 0.29) is 5.82 Å². The smallest absolute Gasteiger partial charge is 0.174 e. The summed E-state index contributed by atoms with van der Waals surface area (Å²) in [5, 5.41) is 6.96. The Hall–Kier alpha value is -1.88. The fourth-order valence-electron chi connectivity index (χ4n) is 1.83. The van der Waals surface area contributed by atoms with E-state index in [4.69, 9.17) is 9.26 Å². The standard InChI is InChI=1S/C14H15FN2O2/c15-11-1-4-14(18-9-13-5-6-17-19-13)10(7-11)8-16-12-2-3-12/h1,4-7,12,16H,2-3,8-9H2. The normalized spacial score (nSPS) is 14.6. The van der Waals surface area contributed by atoms with Crippen molar-refractivity contribution in [2.24, 2.45) is 0 Å². The molecule has 5 heteroatoms. The first-order chi connectivity index (χ1) is 9.31. The van der Waals surface area contributed by atoms with Crippen LogP contribution >= 0.6 is 0 Å². The zero-order chi connectivity index (χ0) is 13.1. The second-order valence-electron chi connectivity index (χ2n) is 4.67. The van der Waals surface area contributed by atoms with Crippen LogP contribution in [0, 0.1) is 5.82 Å². The molecule has 0 spiro atoms. The van der Waals surface area contributed by atoms with E-state index in [1.165, 1.54) is 25.0 Å². The molecule has 2 aromatic rings. The van der Waals surface area contributed by atoms with Crippen LogP contribution in [0.4, 0.5) is 4.39 Å². The Balaban J connectivity index is 1.67. The second-order valence-corrected chi connectivity index (χ2v) is 4.67. The van der Waals surface area contributed by atoms with E-state index in [0.717, 1.165) is 5.56 Å². The van der Waals surface area contributed by atoms with Crippen LogP contribution in [-0.4, -0.2) is 11.2 Å². The molecule has 0 saturated heterocycles. The molecule has 1 aliphatic rings. The first-order valence-corrected chi connectivity index (χ1v) is 6.35. The van der Waals surface area contributed by atoms with E-state index in [1.54, 1.807) is 18.3 Å². The number of nitrogens with zero attached hydrogens (tertiary/aromatic N) is 1. The molecular formula is C14H15FN2O2. The summed E-state index contributed by atoms with van der Waals surface area (Å²) in [6.07, 6.45) is 3.96. The lowest BCUT2D eigenvalue weighted by atomic mass is 10.2. The maximum Gasteiger partial charge on any atom is 0.174 e. The second kappa shape index (κ2) is 5.40. The van der Waals surface area contributed by atoms with Gasteiger partial charge in [0.2, 0.25) is 0 Å². The molecule has 1 aromatic heterocycles. The molecule has 1 aromatic carbocycles. The quantitative estimate of drug-likeness (QED) is 0.869. The highest BCUT2D eigenvalue weighted by atomic mass is 19.1. The first-order valence-electron chi connectivity index (χ1n) is 6.35. The van der Waals surface area contributed by atoms with E-state index in [0.29, 0.717) is 30.7 Å². The molecule has 3 rings (SSSR count). The SMILES string of the molecule is Fc1ccc(OCc2ccno2)c(CNC2CC2)c1. The summed E-state index contributed by atoms with van der Waals surface area (Å²) < 4.78 is 23.9. The van der Waals surface area contributed by atoms with E-state index < -0.39 is 0 Å². The number of halogens is 1. The van der Waals surface area contributed by atoms with Crippen LogP contribution in [0.5, 0.6) is 5.75 Å². The summed E-state index contributed by atoms with van der Waals surface area (Å²) in [7, 11) is 0. The van der Waals surface area contributed by atoms with Gasteiger partial charge in [0.1, 0.15) is 18.2 Å². The minimum Gasteiger partial charge on any atom is -0.485 e. The maximum atomic E-state index is 13.3. The summed E-state index contributed by atoms with van der Waals surface area (Å²) in [4.78, 5) is 0. The number of benzene rings is 1. The third kappa shape index (κ3) is 3.32. The number of rotatable bonds is 6. The lowest BCUT2D eigenvalue weighted by Gasteiger charge is -2.11. The van der Waals surface area contributed by atoms with Crippen LogP contribution in [0.3, 0.4) is 0 Å². The van der Waals surface area contributed by atoms with Gasteiger partial charge in [-0.05, 0) is 31.0 Å². The Morgan fingerprint density at radius 2 is 2.26 bits per heavy atom. The van der Waals surface area contributed by atoms with E-state index in [1.807, 2.05) is 0 Å². The highest BCUT2D eigenvalue weighted by Gasteiger charge is 2.20. The first kappa shape index (κ1) is 12.2. The summed E-state index contributed by atoms with van der Waals surface area (Å²) in [6.45, 7) is 0.913. The van der Waals surface area contributed by atoms with Gasteiger partial charge in [-0.1, -0.05) is 5.16 Å². The molecule has 1 aliphatic carbocycles. The molecule has 1 fully saturated rings. The molecule has 0 radical (unpaired) electrons. The van der Waals surface area contributed by atoms with Crippen LogP contribution in [0.25, 0.3) is 0 Å². The van der Waals surface area contributed by atoms with Gasteiger partial charge >= 0.3 is 0 Å². The number of ether oxygens (including phenoxy) is 1. The van der Waals surface area contributed by atoms with Crippen molar-refractivity contribution in [3.63, 3.8) is 0 Å². The van der Waals surface area contributed by atoms with Crippen molar-refractivity contribution in [2.45, 2.75) is 32.0 Å². The third-order valence-corrected chi connectivity index (χ3v) is 3.04. The topological polar surface area (TPSA) is 47.3 Å². The Morgan fingerprint density at radius 3 is 3.00 bits per heavy atom. The summed E-state index contributed by atoms with van der Waals surface area (Å²) in [5.41, 5.74) is 0.825. The Morgan fingerprint density at radius 1 is 1.37 bits per heavy atom. The van der Waals surface area contributed by atoms with Gasteiger partial charge in [-0.3, -0.25) is 0 Å². The summed E-state index contributed by atoms with van der Waals surface area (Å²) in [5.74, 6) is 1.07. The Kier molecular flexibility index (Phi) is 3.46. The molecule has 100 valence electrons. The van der Waals surface area contributed by atoms with Gasteiger partial charge in [0.15, 0.2) is 5.76 Å². The molecule has 0 bridgehead atoms. The van der Waals surface area contributed by atoms with Crippen LogP contribution in [0.1, 0.15) is 24.2 Å². The summed E-state index contributed by atoms with van der Waals surface area (Å²) >= 11 is 0. The van der Waals surface area contributed by atoms with Crippen molar-refractivity contribution in [1.82, 2.24) is 10.5 Å². The van der Waals surface area contributed by atoms with Crippen molar-refractivity contribution in [3.05, 3.63) is 47.6 Å². The molecular weight excluding hydrogens is 247 g/mol. The number of aromatic nitrogens is 1. The van der Waals surface area contributed by atoms with Crippen LogP contribution in [0.15, 0.2) is 35.0 Å². The molecule has 1 heterocycles. The highest BCUT2D eigenvalue weighted by Crippen LogP contribution is 2.24. The fourth-order valence-corrected chi connectivity index (χ4v) is 1.83. The maximum absolute atomic E-state index is 13.3. The molecule has 1 N–H and O–H groups in total. The van der Waals surface area contributed by atoms with Crippen LogP contribution in [-0.2, 0) is 13.2 Å². The molecule has 19 heavy (non-hydrogen) atoms. The minimum atomic E-state index is -0.250. The van der Waals surface area contributed by atoms with Crippen molar-refractivity contribution in [1.29, 1.82) is 0 Å². The zero-order valence-corrected chi connectivity index (χ0v) is 10.4. The lowest BCUT2D eigenvalue weighted by Crippen LogP contribution is -2.16. The number of nitrogens with one attached hydrogen (secondary N) is 1. The molecule has 0 unspecified atom stereocenters. The molecule has 0 atom stereocenters. The van der Waals surface area contributed by atoms with Crippen LogP contribution < -0.4 is 10.1 Å². The fraction of sp³-hybridized carbons (Fsp3) is 0.357. The summed E-state index contributed by atoms with van der Waals surface area (Å²) in [6, 6.07) is 6.87. The monoisotopic (exact) mass is 262 g/mol. The van der Waals surface area contributed by atoms with Crippen molar-refractivity contribution < 1.29 is 13.7 Å². The van der Waals surface area contributed by atoms with Gasteiger partial charge in [0.05, 0.1) is 6.20 Å². The van der Waals surface area contributed by atoms with Gasteiger partial charge in [-0.25, -0.2) is 4.39 Å². The number of hydrogen-bond acceptors (Lipinski definition) is 4.